The minimum Gasteiger partial charge on any atom is -0.481 e. The topological polar surface area (TPSA) is 40.5 Å². The van der Waals surface area contributed by atoms with Crippen LogP contribution in [0.25, 0.3) is 0 Å². The highest BCUT2D eigenvalue weighted by molar-refractivity contribution is 6.30. The zero-order valence-electron chi connectivity index (χ0n) is 12.4. The lowest BCUT2D eigenvalue weighted by molar-refractivity contribution is -0.137. The van der Waals surface area contributed by atoms with Gasteiger partial charge in [-0.25, -0.2) is 0 Å². The van der Waals surface area contributed by atoms with E-state index in [1.165, 1.54) is 24.9 Å². The Kier molecular flexibility index (Phi) is 6.52. The summed E-state index contributed by atoms with van der Waals surface area (Å²) in [5.74, 6) is 0.180. The molecule has 1 N–H and O–H groups in total. The van der Waals surface area contributed by atoms with E-state index >= 15 is 0 Å². The normalized spacial score (nSPS) is 14.6. The summed E-state index contributed by atoms with van der Waals surface area (Å²) in [7, 11) is 0. The molecule has 21 heavy (non-hydrogen) atoms. The van der Waals surface area contributed by atoms with Gasteiger partial charge in [-0.15, -0.1) is 0 Å². The Morgan fingerprint density at radius 2 is 1.90 bits per heavy atom. The summed E-state index contributed by atoms with van der Waals surface area (Å²) in [6.07, 6.45) is 5.77. The molecule has 2 rings (SSSR count). The molecule has 0 radical (unpaired) electrons. The molecule has 1 fully saturated rings. The Balaban J connectivity index is 1.72. The molecular weight excluding hydrogens is 286 g/mol. The fourth-order valence-corrected chi connectivity index (χ4v) is 2.64. The van der Waals surface area contributed by atoms with Crippen LogP contribution in [0.3, 0.4) is 0 Å². The molecule has 0 saturated heterocycles. The van der Waals surface area contributed by atoms with Crippen molar-refractivity contribution in [1.82, 2.24) is 4.90 Å². The first-order chi connectivity index (χ1) is 10.1. The molecule has 0 aliphatic heterocycles. The van der Waals surface area contributed by atoms with Crippen molar-refractivity contribution in [3.8, 4) is 0 Å². The molecule has 1 saturated carbocycles. The van der Waals surface area contributed by atoms with Gasteiger partial charge in [0.1, 0.15) is 0 Å². The third-order valence-electron chi connectivity index (χ3n) is 3.96. The van der Waals surface area contributed by atoms with Gasteiger partial charge in [-0.2, -0.15) is 0 Å². The number of nitrogens with zero attached hydrogens (tertiary/aromatic N) is 1. The molecule has 0 atom stereocenters. The lowest BCUT2D eigenvalue weighted by atomic mass is 10.1. The molecular formula is C17H24ClNO2. The maximum absolute atomic E-state index is 10.5. The minimum atomic E-state index is -0.690. The predicted molar refractivity (Wildman–Crippen MR) is 85.8 cm³/mol. The Hall–Kier alpha value is -1.06. The monoisotopic (exact) mass is 309 g/mol. The highest BCUT2D eigenvalue weighted by atomic mass is 35.5. The molecule has 0 spiro atoms. The van der Waals surface area contributed by atoms with Crippen LogP contribution in [0.2, 0.25) is 5.02 Å². The SMILES string of the molecule is O=C(O)CCCCN(CCc1ccc(Cl)cc1)CC1CC1. The largest absolute Gasteiger partial charge is 0.481 e. The third kappa shape index (κ3) is 6.96. The van der Waals surface area contributed by atoms with Crippen LogP contribution in [-0.2, 0) is 11.2 Å². The van der Waals surface area contributed by atoms with E-state index in [1.54, 1.807) is 0 Å². The van der Waals surface area contributed by atoms with Crippen molar-refractivity contribution in [3.63, 3.8) is 0 Å². The number of aliphatic carboxylic acids is 1. The zero-order valence-corrected chi connectivity index (χ0v) is 13.2. The van der Waals surface area contributed by atoms with Crippen LogP contribution in [0.15, 0.2) is 24.3 Å². The Bertz CT molecular complexity index is 443. The van der Waals surface area contributed by atoms with Gasteiger partial charge in [0.15, 0.2) is 0 Å². The summed E-state index contributed by atoms with van der Waals surface area (Å²) in [6, 6.07) is 8.05. The summed E-state index contributed by atoms with van der Waals surface area (Å²) in [5, 5.41) is 9.46. The second kappa shape index (κ2) is 8.40. The summed E-state index contributed by atoms with van der Waals surface area (Å²) in [5.41, 5.74) is 1.31. The number of hydrogen-bond donors (Lipinski definition) is 1. The maximum atomic E-state index is 10.5. The highest BCUT2D eigenvalue weighted by Gasteiger charge is 2.23. The first kappa shape index (κ1) is 16.3. The number of hydrogen-bond acceptors (Lipinski definition) is 2. The van der Waals surface area contributed by atoms with Crippen molar-refractivity contribution >= 4 is 17.6 Å². The molecule has 0 unspecified atom stereocenters. The van der Waals surface area contributed by atoms with Crippen molar-refractivity contribution in [3.05, 3.63) is 34.9 Å². The molecule has 1 aliphatic carbocycles. The summed E-state index contributed by atoms with van der Waals surface area (Å²) in [4.78, 5) is 13.0. The molecule has 3 nitrogen and oxygen atoms in total. The lowest BCUT2D eigenvalue weighted by Gasteiger charge is -2.22. The van der Waals surface area contributed by atoms with Crippen molar-refractivity contribution in [2.24, 2.45) is 5.92 Å². The smallest absolute Gasteiger partial charge is 0.303 e. The number of halogens is 1. The van der Waals surface area contributed by atoms with Crippen molar-refractivity contribution in [2.45, 2.75) is 38.5 Å². The fourth-order valence-electron chi connectivity index (χ4n) is 2.51. The van der Waals surface area contributed by atoms with Crippen LogP contribution >= 0.6 is 11.6 Å². The average Bonchev–Trinajstić information content (AvgIpc) is 3.26. The van der Waals surface area contributed by atoms with Gasteiger partial charge in [0.25, 0.3) is 0 Å². The quantitative estimate of drug-likeness (QED) is 0.667. The van der Waals surface area contributed by atoms with Gasteiger partial charge in [0, 0.05) is 24.5 Å². The summed E-state index contributed by atoms with van der Waals surface area (Å²) >= 11 is 5.90. The molecule has 1 aromatic carbocycles. The van der Waals surface area contributed by atoms with Crippen LogP contribution in [0.4, 0.5) is 0 Å². The van der Waals surface area contributed by atoms with Crippen LogP contribution in [0, 0.1) is 5.92 Å². The Labute approximate surface area is 131 Å². The van der Waals surface area contributed by atoms with E-state index in [4.69, 9.17) is 16.7 Å². The molecule has 1 aliphatic rings. The minimum absolute atomic E-state index is 0.286. The van der Waals surface area contributed by atoms with Crippen molar-refractivity contribution in [2.75, 3.05) is 19.6 Å². The van der Waals surface area contributed by atoms with Gasteiger partial charge in [0.2, 0.25) is 0 Å². The van der Waals surface area contributed by atoms with Crippen LogP contribution in [0.1, 0.15) is 37.7 Å². The molecule has 0 aromatic heterocycles. The molecule has 4 heteroatoms. The molecule has 0 heterocycles. The molecule has 0 amide bonds. The zero-order chi connectivity index (χ0) is 15.1. The van der Waals surface area contributed by atoms with E-state index < -0.39 is 5.97 Å². The second-order valence-corrected chi connectivity index (χ2v) is 6.41. The van der Waals surface area contributed by atoms with Crippen LogP contribution in [0.5, 0.6) is 0 Å². The molecule has 0 bridgehead atoms. The summed E-state index contributed by atoms with van der Waals surface area (Å²) < 4.78 is 0. The Morgan fingerprint density at radius 3 is 2.52 bits per heavy atom. The van der Waals surface area contributed by atoms with E-state index in [2.05, 4.69) is 17.0 Å². The van der Waals surface area contributed by atoms with E-state index in [-0.39, 0.29) is 6.42 Å². The maximum Gasteiger partial charge on any atom is 0.303 e. The van der Waals surface area contributed by atoms with Gasteiger partial charge in [0.05, 0.1) is 0 Å². The number of benzene rings is 1. The number of carboxylic acid groups (broad SMARTS) is 1. The van der Waals surface area contributed by atoms with E-state index in [0.29, 0.717) is 0 Å². The second-order valence-electron chi connectivity index (χ2n) is 5.97. The predicted octanol–water partition coefficient (Wildman–Crippen LogP) is 3.85. The average molecular weight is 310 g/mol. The van der Waals surface area contributed by atoms with E-state index in [1.807, 2.05) is 12.1 Å². The van der Waals surface area contributed by atoms with Gasteiger partial charge >= 0.3 is 5.97 Å². The number of rotatable bonds is 10. The number of carboxylic acids is 1. The molecule has 116 valence electrons. The highest BCUT2D eigenvalue weighted by Crippen LogP contribution is 2.29. The van der Waals surface area contributed by atoms with Crippen molar-refractivity contribution < 1.29 is 9.90 Å². The van der Waals surface area contributed by atoms with Gasteiger partial charge in [-0.1, -0.05) is 23.7 Å². The van der Waals surface area contributed by atoms with Crippen molar-refractivity contribution in [1.29, 1.82) is 0 Å². The third-order valence-corrected chi connectivity index (χ3v) is 4.21. The summed E-state index contributed by atoms with van der Waals surface area (Å²) in [6.45, 7) is 3.23. The number of carbonyl (C=O) groups is 1. The van der Waals surface area contributed by atoms with E-state index in [0.717, 1.165) is 43.3 Å². The van der Waals surface area contributed by atoms with E-state index in [9.17, 15) is 4.79 Å². The fraction of sp³-hybridized carbons (Fsp3) is 0.588. The lowest BCUT2D eigenvalue weighted by Crippen LogP contribution is -2.29. The first-order valence-corrected chi connectivity index (χ1v) is 8.20. The van der Waals surface area contributed by atoms with Gasteiger partial charge in [-0.3, -0.25) is 4.79 Å². The molecule has 1 aromatic rings. The number of unbranched alkanes of at least 4 members (excludes halogenated alkanes) is 1. The Morgan fingerprint density at radius 1 is 1.19 bits per heavy atom. The van der Waals surface area contributed by atoms with Crippen LogP contribution in [-0.4, -0.2) is 35.6 Å². The standard InChI is InChI=1S/C17H24ClNO2/c18-16-8-6-14(7-9-16)10-12-19(13-15-4-5-15)11-2-1-3-17(20)21/h6-9,15H,1-5,10-13H2,(H,20,21). The van der Waals surface area contributed by atoms with Crippen LogP contribution < -0.4 is 0 Å². The van der Waals surface area contributed by atoms with Gasteiger partial charge in [-0.05, 0) is 62.3 Å². The first-order valence-electron chi connectivity index (χ1n) is 7.82. The van der Waals surface area contributed by atoms with Gasteiger partial charge < -0.3 is 10.0 Å².